The summed E-state index contributed by atoms with van der Waals surface area (Å²) >= 11 is 3.48. The molecule has 0 bridgehead atoms. The Morgan fingerprint density at radius 2 is 1.95 bits per heavy atom. The summed E-state index contributed by atoms with van der Waals surface area (Å²) in [6.07, 6.45) is 2.61. The molecule has 1 N–H and O–H groups in total. The van der Waals surface area contributed by atoms with Gasteiger partial charge in [-0.1, -0.05) is 34.1 Å². The smallest absolute Gasteiger partial charge is 0.338 e. The zero-order valence-electron chi connectivity index (χ0n) is 10.2. The van der Waals surface area contributed by atoms with Gasteiger partial charge >= 0.3 is 5.97 Å². The van der Waals surface area contributed by atoms with E-state index in [0.29, 0.717) is 12.5 Å². The standard InChI is InChI=1S/C13H12BrN3O2/c1-17(8-9-4-2-3-5-11(9)14)13-15-6-10(7-16-13)12(18)19/h2-7H,8H2,1H3,(H,18,19). The van der Waals surface area contributed by atoms with Gasteiger partial charge in [0.2, 0.25) is 5.95 Å². The zero-order valence-corrected chi connectivity index (χ0v) is 11.8. The third-order valence-corrected chi connectivity index (χ3v) is 3.37. The maximum atomic E-state index is 10.7. The average Bonchev–Trinajstić information content (AvgIpc) is 2.41. The molecule has 0 aliphatic carbocycles. The summed E-state index contributed by atoms with van der Waals surface area (Å²) < 4.78 is 1.02. The molecular formula is C13H12BrN3O2. The van der Waals surface area contributed by atoms with E-state index in [1.54, 1.807) is 0 Å². The van der Waals surface area contributed by atoms with Crippen molar-refractivity contribution in [2.75, 3.05) is 11.9 Å². The molecule has 1 aromatic heterocycles. The van der Waals surface area contributed by atoms with E-state index >= 15 is 0 Å². The first-order chi connectivity index (χ1) is 9.08. The molecule has 0 spiro atoms. The number of nitrogens with zero attached hydrogens (tertiary/aromatic N) is 3. The molecule has 5 nitrogen and oxygen atoms in total. The highest BCUT2D eigenvalue weighted by Gasteiger charge is 2.09. The van der Waals surface area contributed by atoms with Crippen molar-refractivity contribution in [2.24, 2.45) is 0 Å². The van der Waals surface area contributed by atoms with E-state index in [1.165, 1.54) is 12.4 Å². The first-order valence-corrected chi connectivity index (χ1v) is 6.37. The number of aromatic nitrogens is 2. The van der Waals surface area contributed by atoms with E-state index in [1.807, 2.05) is 36.2 Å². The van der Waals surface area contributed by atoms with Crippen molar-refractivity contribution >= 4 is 27.8 Å². The molecule has 0 aliphatic rings. The molecule has 1 heterocycles. The summed E-state index contributed by atoms with van der Waals surface area (Å²) in [4.78, 5) is 20.7. The maximum Gasteiger partial charge on any atom is 0.338 e. The first-order valence-electron chi connectivity index (χ1n) is 5.58. The predicted octanol–water partition coefficient (Wildman–Crippen LogP) is 2.57. The van der Waals surface area contributed by atoms with E-state index in [9.17, 15) is 4.79 Å². The Labute approximate surface area is 119 Å². The lowest BCUT2D eigenvalue weighted by Gasteiger charge is -2.17. The SMILES string of the molecule is CN(Cc1ccccc1Br)c1ncc(C(=O)O)cn1. The van der Waals surface area contributed by atoms with Crippen LogP contribution in [0.3, 0.4) is 0 Å². The van der Waals surface area contributed by atoms with Crippen molar-refractivity contribution in [3.63, 3.8) is 0 Å². The molecule has 0 unspecified atom stereocenters. The highest BCUT2D eigenvalue weighted by Crippen LogP contribution is 2.18. The number of anilines is 1. The molecule has 0 saturated carbocycles. The van der Waals surface area contributed by atoms with Crippen LogP contribution in [0.5, 0.6) is 0 Å². The van der Waals surface area contributed by atoms with Gasteiger partial charge in [-0.2, -0.15) is 0 Å². The summed E-state index contributed by atoms with van der Waals surface area (Å²) in [6.45, 7) is 0.633. The second-order valence-electron chi connectivity index (χ2n) is 4.02. The highest BCUT2D eigenvalue weighted by atomic mass is 79.9. The lowest BCUT2D eigenvalue weighted by molar-refractivity contribution is 0.0696. The molecule has 19 heavy (non-hydrogen) atoms. The van der Waals surface area contributed by atoms with E-state index in [-0.39, 0.29) is 5.56 Å². The molecule has 1 aromatic carbocycles. The minimum Gasteiger partial charge on any atom is -0.478 e. The van der Waals surface area contributed by atoms with Crippen LogP contribution in [0, 0.1) is 0 Å². The molecule has 98 valence electrons. The fourth-order valence-corrected chi connectivity index (χ4v) is 1.99. The Hall–Kier alpha value is -1.95. The molecule has 0 atom stereocenters. The van der Waals surface area contributed by atoms with Crippen LogP contribution < -0.4 is 4.90 Å². The number of carbonyl (C=O) groups is 1. The zero-order chi connectivity index (χ0) is 13.8. The molecule has 0 aliphatic heterocycles. The van der Waals surface area contributed by atoms with Crippen LogP contribution in [-0.2, 0) is 6.54 Å². The lowest BCUT2D eigenvalue weighted by atomic mass is 10.2. The van der Waals surface area contributed by atoms with Crippen LogP contribution in [-0.4, -0.2) is 28.1 Å². The Kier molecular flexibility index (Phi) is 4.11. The molecule has 2 rings (SSSR count). The average molecular weight is 322 g/mol. The van der Waals surface area contributed by atoms with Gasteiger partial charge in [0.25, 0.3) is 0 Å². The van der Waals surface area contributed by atoms with Crippen molar-refractivity contribution < 1.29 is 9.90 Å². The van der Waals surface area contributed by atoms with Crippen LogP contribution >= 0.6 is 15.9 Å². The number of carboxylic acids is 1. The molecule has 6 heteroatoms. The van der Waals surface area contributed by atoms with Crippen LogP contribution in [0.2, 0.25) is 0 Å². The minimum absolute atomic E-state index is 0.0815. The third-order valence-electron chi connectivity index (χ3n) is 2.59. The Morgan fingerprint density at radius 3 is 2.53 bits per heavy atom. The van der Waals surface area contributed by atoms with E-state index in [2.05, 4.69) is 25.9 Å². The second kappa shape index (κ2) is 5.79. The predicted molar refractivity (Wildman–Crippen MR) is 75.2 cm³/mol. The van der Waals surface area contributed by atoms with Crippen LogP contribution in [0.4, 0.5) is 5.95 Å². The molecule has 0 radical (unpaired) electrons. The molecule has 2 aromatic rings. The summed E-state index contributed by atoms with van der Waals surface area (Å²) in [5, 5.41) is 8.79. The van der Waals surface area contributed by atoms with Gasteiger partial charge in [0.1, 0.15) is 0 Å². The topological polar surface area (TPSA) is 66.3 Å². The van der Waals surface area contributed by atoms with Crippen LogP contribution in [0.25, 0.3) is 0 Å². The number of halogens is 1. The van der Waals surface area contributed by atoms with E-state index in [0.717, 1.165) is 10.0 Å². The summed E-state index contributed by atoms with van der Waals surface area (Å²) in [5.74, 6) is -0.541. The number of aromatic carboxylic acids is 1. The molecule has 0 fully saturated rings. The van der Waals surface area contributed by atoms with Gasteiger partial charge in [0, 0.05) is 30.5 Å². The van der Waals surface area contributed by atoms with Crippen molar-refractivity contribution in [1.82, 2.24) is 9.97 Å². The second-order valence-corrected chi connectivity index (χ2v) is 4.88. The van der Waals surface area contributed by atoms with Crippen molar-refractivity contribution in [3.05, 3.63) is 52.3 Å². The van der Waals surface area contributed by atoms with Gasteiger partial charge in [-0.15, -0.1) is 0 Å². The molecular weight excluding hydrogens is 310 g/mol. The first kappa shape index (κ1) is 13.5. The lowest BCUT2D eigenvalue weighted by Crippen LogP contribution is -2.19. The van der Waals surface area contributed by atoms with Gasteiger partial charge in [-0.3, -0.25) is 0 Å². The number of rotatable bonds is 4. The number of hydrogen-bond donors (Lipinski definition) is 1. The van der Waals surface area contributed by atoms with E-state index < -0.39 is 5.97 Å². The molecule has 0 amide bonds. The normalized spacial score (nSPS) is 10.2. The van der Waals surface area contributed by atoms with Crippen molar-refractivity contribution in [3.8, 4) is 0 Å². The minimum atomic E-state index is -1.03. The van der Waals surface area contributed by atoms with Crippen molar-refractivity contribution in [2.45, 2.75) is 6.54 Å². The largest absolute Gasteiger partial charge is 0.478 e. The van der Waals surface area contributed by atoms with Crippen LogP contribution in [0.15, 0.2) is 41.1 Å². The van der Waals surface area contributed by atoms with Gasteiger partial charge in [0.15, 0.2) is 0 Å². The number of benzene rings is 1. The Morgan fingerprint density at radius 1 is 1.32 bits per heavy atom. The maximum absolute atomic E-state index is 10.7. The van der Waals surface area contributed by atoms with Crippen molar-refractivity contribution in [1.29, 1.82) is 0 Å². The van der Waals surface area contributed by atoms with Gasteiger partial charge in [0.05, 0.1) is 5.56 Å². The van der Waals surface area contributed by atoms with E-state index in [4.69, 9.17) is 5.11 Å². The summed E-state index contributed by atoms with van der Waals surface area (Å²) in [5.41, 5.74) is 1.19. The fraction of sp³-hybridized carbons (Fsp3) is 0.154. The number of carboxylic acid groups (broad SMARTS) is 1. The van der Waals surface area contributed by atoms with Gasteiger partial charge < -0.3 is 10.0 Å². The van der Waals surface area contributed by atoms with Crippen LogP contribution in [0.1, 0.15) is 15.9 Å². The van der Waals surface area contributed by atoms with Gasteiger partial charge in [-0.05, 0) is 11.6 Å². The molecule has 0 saturated heterocycles. The Bertz CT molecular complexity index is 587. The Balaban J connectivity index is 2.14. The number of hydrogen-bond acceptors (Lipinski definition) is 4. The summed E-state index contributed by atoms with van der Waals surface area (Å²) in [7, 11) is 1.86. The third kappa shape index (κ3) is 3.29. The highest BCUT2D eigenvalue weighted by molar-refractivity contribution is 9.10. The van der Waals surface area contributed by atoms with Gasteiger partial charge in [-0.25, -0.2) is 14.8 Å². The fourth-order valence-electron chi connectivity index (χ4n) is 1.58. The monoisotopic (exact) mass is 321 g/mol. The quantitative estimate of drug-likeness (QED) is 0.937. The summed E-state index contributed by atoms with van der Waals surface area (Å²) in [6, 6.07) is 7.89.